The first-order valence-corrected chi connectivity index (χ1v) is 19.5. The molecule has 262 valence electrons. The molecule has 0 spiro atoms. The number of aromatic nitrogens is 3. The molecule has 11 aromatic rings. The second-order valence-electron chi connectivity index (χ2n) is 14.0. The molecule has 0 aliphatic heterocycles. The van der Waals surface area contributed by atoms with E-state index in [-0.39, 0.29) is 0 Å². The van der Waals surface area contributed by atoms with Gasteiger partial charge in [0.1, 0.15) is 11.2 Å². The van der Waals surface area contributed by atoms with Crippen molar-refractivity contribution in [3.8, 4) is 67.5 Å². The lowest BCUT2D eigenvalue weighted by Gasteiger charge is -2.11. The van der Waals surface area contributed by atoms with Crippen LogP contribution in [0.4, 0.5) is 0 Å². The van der Waals surface area contributed by atoms with Crippen LogP contribution in [0.2, 0.25) is 0 Å². The lowest BCUT2D eigenvalue weighted by atomic mass is 9.93. The highest BCUT2D eigenvalue weighted by Crippen LogP contribution is 2.46. The van der Waals surface area contributed by atoms with Crippen molar-refractivity contribution >= 4 is 53.4 Å². The molecule has 11 rings (SSSR count). The Morgan fingerprint density at radius 2 is 0.911 bits per heavy atom. The van der Waals surface area contributed by atoms with Crippen LogP contribution in [-0.4, -0.2) is 15.0 Å². The van der Waals surface area contributed by atoms with Gasteiger partial charge in [0.05, 0.1) is 0 Å². The molecule has 5 heteroatoms. The van der Waals surface area contributed by atoms with Crippen molar-refractivity contribution in [2.24, 2.45) is 0 Å². The number of thiophene rings is 1. The third kappa shape index (κ3) is 5.56. The Kier molecular flexibility index (Phi) is 7.64. The number of hydrogen-bond donors (Lipinski definition) is 0. The quantitative estimate of drug-likeness (QED) is 0.171. The first kappa shape index (κ1) is 32.2. The smallest absolute Gasteiger partial charge is 0.164 e. The van der Waals surface area contributed by atoms with Gasteiger partial charge >= 0.3 is 0 Å². The van der Waals surface area contributed by atoms with E-state index in [0.717, 1.165) is 60.9 Å². The van der Waals surface area contributed by atoms with Gasteiger partial charge < -0.3 is 4.42 Å². The van der Waals surface area contributed by atoms with Crippen molar-refractivity contribution in [1.82, 2.24) is 15.0 Å². The fourth-order valence-electron chi connectivity index (χ4n) is 7.79. The number of benzene rings is 8. The molecular weight excluding hydrogens is 703 g/mol. The van der Waals surface area contributed by atoms with E-state index in [1.54, 1.807) is 11.3 Å². The van der Waals surface area contributed by atoms with Gasteiger partial charge in [0.25, 0.3) is 0 Å². The molecule has 0 N–H and O–H groups in total. The fourth-order valence-corrected chi connectivity index (χ4v) is 9.06. The molecule has 3 aromatic heterocycles. The largest absolute Gasteiger partial charge is 0.455 e. The van der Waals surface area contributed by atoms with Crippen LogP contribution in [0.3, 0.4) is 0 Å². The minimum absolute atomic E-state index is 0.645. The molecule has 0 aliphatic carbocycles. The minimum Gasteiger partial charge on any atom is -0.455 e. The van der Waals surface area contributed by atoms with Gasteiger partial charge in [-0.3, -0.25) is 0 Å². The van der Waals surface area contributed by atoms with Crippen LogP contribution in [0, 0.1) is 0 Å². The maximum absolute atomic E-state index is 6.70. The molecule has 4 nitrogen and oxygen atoms in total. The van der Waals surface area contributed by atoms with E-state index in [1.807, 2.05) is 66.7 Å². The molecule has 0 saturated heterocycles. The summed E-state index contributed by atoms with van der Waals surface area (Å²) in [5, 5.41) is 4.63. The molecule has 0 bridgehead atoms. The van der Waals surface area contributed by atoms with Crippen molar-refractivity contribution in [2.75, 3.05) is 0 Å². The predicted molar refractivity (Wildman–Crippen MR) is 233 cm³/mol. The molecule has 0 aliphatic rings. The maximum atomic E-state index is 6.70. The highest BCUT2D eigenvalue weighted by molar-refractivity contribution is 7.26. The summed E-state index contributed by atoms with van der Waals surface area (Å²) in [5.41, 5.74) is 11.5. The number of fused-ring (bicyclic) bond motifs is 6. The first-order valence-electron chi connectivity index (χ1n) is 18.7. The lowest BCUT2D eigenvalue weighted by Crippen LogP contribution is -1.99. The Labute approximate surface area is 327 Å². The Hall–Kier alpha value is -7.21. The zero-order chi connectivity index (χ0) is 37.0. The Morgan fingerprint density at radius 3 is 1.62 bits per heavy atom. The molecule has 0 amide bonds. The van der Waals surface area contributed by atoms with Crippen LogP contribution in [0.1, 0.15) is 0 Å². The van der Waals surface area contributed by atoms with Crippen LogP contribution in [0.15, 0.2) is 192 Å². The van der Waals surface area contributed by atoms with Gasteiger partial charge in [0.15, 0.2) is 17.5 Å². The van der Waals surface area contributed by atoms with Gasteiger partial charge in [-0.25, -0.2) is 15.0 Å². The van der Waals surface area contributed by atoms with E-state index in [1.165, 1.54) is 31.3 Å². The minimum atomic E-state index is 0.645. The summed E-state index contributed by atoms with van der Waals surface area (Å²) in [5.74, 6) is 1.95. The Morgan fingerprint density at radius 1 is 0.339 bits per heavy atom. The summed E-state index contributed by atoms with van der Waals surface area (Å²) < 4.78 is 9.08. The summed E-state index contributed by atoms with van der Waals surface area (Å²) >= 11 is 1.80. The molecular formula is C51H31N3OS. The summed E-state index contributed by atoms with van der Waals surface area (Å²) in [6, 6.07) is 65.7. The predicted octanol–water partition coefficient (Wildman–Crippen LogP) is 14.1. The average Bonchev–Trinajstić information content (AvgIpc) is 3.85. The van der Waals surface area contributed by atoms with Crippen molar-refractivity contribution in [1.29, 1.82) is 0 Å². The highest BCUT2D eigenvalue weighted by Gasteiger charge is 2.20. The van der Waals surface area contributed by atoms with Crippen LogP contribution >= 0.6 is 11.3 Å². The summed E-state index contributed by atoms with van der Waals surface area (Å²) in [6.45, 7) is 0. The number of hydrogen-bond acceptors (Lipinski definition) is 5. The second kappa shape index (κ2) is 13.3. The van der Waals surface area contributed by atoms with Crippen LogP contribution in [0.5, 0.6) is 0 Å². The summed E-state index contributed by atoms with van der Waals surface area (Å²) in [7, 11) is 0. The SMILES string of the molecule is c1ccc(-c2cccc(-c3cc(-c4cccc5c4sc4cc(-c6nc(-c7ccccc7)nc(-c7ccccc7)n6)ccc45)c4oc5ccccc5c4c3)c2)cc1. The zero-order valence-electron chi connectivity index (χ0n) is 30.1. The number of nitrogens with zero attached hydrogens (tertiary/aromatic N) is 3. The van der Waals surface area contributed by atoms with Crippen molar-refractivity contribution in [3.63, 3.8) is 0 Å². The average molecular weight is 734 g/mol. The van der Waals surface area contributed by atoms with Crippen LogP contribution in [0.25, 0.3) is 110 Å². The Balaban J connectivity index is 1.09. The van der Waals surface area contributed by atoms with Gasteiger partial charge in [0.2, 0.25) is 0 Å². The van der Waals surface area contributed by atoms with E-state index in [0.29, 0.717) is 17.5 Å². The molecule has 3 heterocycles. The molecule has 0 atom stereocenters. The summed E-state index contributed by atoms with van der Waals surface area (Å²) in [6.07, 6.45) is 0. The van der Waals surface area contributed by atoms with Crippen LogP contribution < -0.4 is 0 Å². The Bertz CT molecular complexity index is 3180. The molecule has 0 saturated carbocycles. The van der Waals surface area contributed by atoms with E-state index < -0.39 is 0 Å². The first-order chi connectivity index (χ1) is 27.7. The molecule has 0 radical (unpaired) electrons. The summed E-state index contributed by atoms with van der Waals surface area (Å²) in [4.78, 5) is 14.9. The van der Waals surface area contributed by atoms with Crippen molar-refractivity contribution in [3.05, 3.63) is 188 Å². The van der Waals surface area contributed by atoms with Crippen molar-refractivity contribution < 1.29 is 4.42 Å². The second-order valence-corrected chi connectivity index (χ2v) is 15.0. The highest BCUT2D eigenvalue weighted by atomic mass is 32.1. The third-order valence-corrected chi connectivity index (χ3v) is 11.7. The van der Waals surface area contributed by atoms with E-state index in [9.17, 15) is 0 Å². The molecule has 8 aromatic carbocycles. The zero-order valence-corrected chi connectivity index (χ0v) is 30.9. The van der Waals surface area contributed by atoms with E-state index in [4.69, 9.17) is 19.4 Å². The normalized spacial score (nSPS) is 11.6. The van der Waals surface area contributed by atoms with Crippen molar-refractivity contribution in [2.45, 2.75) is 0 Å². The fraction of sp³-hybridized carbons (Fsp3) is 0. The van der Waals surface area contributed by atoms with Gasteiger partial charge in [-0.2, -0.15) is 0 Å². The maximum Gasteiger partial charge on any atom is 0.164 e. The topological polar surface area (TPSA) is 51.8 Å². The van der Waals surface area contributed by atoms with Gasteiger partial charge in [-0.1, -0.05) is 158 Å². The third-order valence-electron chi connectivity index (χ3n) is 10.5. The number of furan rings is 1. The van der Waals surface area contributed by atoms with Gasteiger partial charge in [-0.15, -0.1) is 11.3 Å². The molecule has 56 heavy (non-hydrogen) atoms. The standard InChI is InChI=1S/C51H31N3OS/c1-4-14-32(15-5-1)35-20-12-21-36(28-35)38-29-43-39-22-10-11-25-45(39)55-47(43)44(30-38)42-24-13-23-41-40-27-26-37(31-46(40)56-48(41)42)51-53-49(33-16-6-2-7-17-33)52-50(54-51)34-18-8-3-9-19-34/h1-31H. The molecule has 0 unspecified atom stereocenters. The van der Waals surface area contributed by atoms with E-state index >= 15 is 0 Å². The van der Waals surface area contributed by atoms with Crippen LogP contribution in [-0.2, 0) is 0 Å². The lowest BCUT2D eigenvalue weighted by molar-refractivity contribution is 0.670. The van der Waals surface area contributed by atoms with Gasteiger partial charge in [-0.05, 0) is 52.6 Å². The van der Waals surface area contributed by atoms with Gasteiger partial charge in [0, 0.05) is 58.8 Å². The monoisotopic (exact) mass is 733 g/mol. The number of rotatable bonds is 6. The number of para-hydroxylation sites is 1. The molecule has 0 fully saturated rings. The van der Waals surface area contributed by atoms with E-state index in [2.05, 4.69) is 121 Å².